The van der Waals surface area contributed by atoms with Gasteiger partial charge in [-0.05, 0) is 51.1 Å². The molecular weight excluding hydrogens is 231 g/mol. The van der Waals surface area contributed by atoms with Crippen molar-refractivity contribution in [1.82, 2.24) is 5.32 Å². The lowest BCUT2D eigenvalue weighted by atomic mass is 10.1. The number of hydrogen-bond acceptors (Lipinski definition) is 3. The number of nitrogens with one attached hydrogen (secondary N) is 1. The Labute approximate surface area is 109 Å². The van der Waals surface area contributed by atoms with Gasteiger partial charge in [0, 0.05) is 31.4 Å². The van der Waals surface area contributed by atoms with Crippen molar-refractivity contribution in [1.29, 1.82) is 0 Å². The lowest BCUT2D eigenvalue weighted by Crippen LogP contribution is -2.33. The zero-order chi connectivity index (χ0) is 13.5. The van der Waals surface area contributed by atoms with Crippen LogP contribution in [0.4, 0.5) is 10.1 Å². The minimum Gasteiger partial charge on any atom is -0.396 e. The highest BCUT2D eigenvalue weighted by Gasteiger charge is 2.14. The maximum absolute atomic E-state index is 13.3. The van der Waals surface area contributed by atoms with Crippen molar-refractivity contribution in [3.05, 3.63) is 29.6 Å². The smallest absolute Gasteiger partial charge is 0.123 e. The minimum atomic E-state index is -0.213. The molecule has 0 saturated heterocycles. The second-order valence-corrected chi connectivity index (χ2v) is 4.67. The van der Waals surface area contributed by atoms with E-state index in [2.05, 4.69) is 24.1 Å². The van der Waals surface area contributed by atoms with Crippen LogP contribution in [0.2, 0.25) is 0 Å². The zero-order valence-electron chi connectivity index (χ0n) is 11.4. The second-order valence-electron chi connectivity index (χ2n) is 4.67. The van der Waals surface area contributed by atoms with Crippen molar-refractivity contribution in [2.24, 2.45) is 0 Å². The van der Waals surface area contributed by atoms with E-state index in [1.807, 2.05) is 13.1 Å². The number of benzene rings is 1. The molecule has 18 heavy (non-hydrogen) atoms. The molecule has 0 fully saturated rings. The topological polar surface area (TPSA) is 35.5 Å². The molecule has 1 aromatic carbocycles. The van der Waals surface area contributed by atoms with Crippen LogP contribution in [0.15, 0.2) is 18.2 Å². The fraction of sp³-hybridized carbons (Fsp3) is 0.571. The van der Waals surface area contributed by atoms with Crippen LogP contribution in [0.1, 0.15) is 25.8 Å². The molecule has 0 amide bonds. The van der Waals surface area contributed by atoms with E-state index in [9.17, 15) is 4.39 Å². The highest BCUT2D eigenvalue weighted by atomic mass is 19.1. The lowest BCUT2D eigenvalue weighted by molar-refractivity contribution is 0.288. The van der Waals surface area contributed by atoms with Gasteiger partial charge >= 0.3 is 0 Å². The number of rotatable bonds is 7. The Morgan fingerprint density at radius 3 is 2.67 bits per heavy atom. The van der Waals surface area contributed by atoms with E-state index in [0.717, 1.165) is 17.8 Å². The van der Waals surface area contributed by atoms with Crippen LogP contribution in [0, 0.1) is 5.82 Å². The van der Waals surface area contributed by atoms with E-state index in [1.165, 1.54) is 6.07 Å². The van der Waals surface area contributed by atoms with E-state index < -0.39 is 0 Å². The molecule has 0 heterocycles. The van der Waals surface area contributed by atoms with Crippen molar-refractivity contribution in [3.63, 3.8) is 0 Å². The van der Waals surface area contributed by atoms with Crippen LogP contribution in [0.3, 0.4) is 0 Å². The first kappa shape index (κ1) is 14.9. The summed E-state index contributed by atoms with van der Waals surface area (Å²) >= 11 is 0. The number of nitrogens with zero attached hydrogens (tertiary/aromatic N) is 1. The van der Waals surface area contributed by atoms with Gasteiger partial charge in [0.1, 0.15) is 5.82 Å². The Morgan fingerprint density at radius 2 is 2.11 bits per heavy atom. The molecule has 0 spiro atoms. The second kappa shape index (κ2) is 7.34. The first-order valence-electron chi connectivity index (χ1n) is 6.40. The Bertz CT molecular complexity index is 369. The number of anilines is 1. The Hall–Kier alpha value is -1.13. The fourth-order valence-electron chi connectivity index (χ4n) is 2.06. The van der Waals surface area contributed by atoms with Crippen molar-refractivity contribution >= 4 is 5.69 Å². The number of aliphatic hydroxyl groups excluding tert-OH is 1. The average molecular weight is 254 g/mol. The van der Waals surface area contributed by atoms with Gasteiger partial charge in [0.15, 0.2) is 0 Å². The highest BCUT2D eigenvalue weighted by molar-refractivity contribution is 5.54. The summed E-state index contributed by atoms with van der Waals surface area (Å²) < 4.78 is 13.3. The average Bonchev–Trinajstić information content (AvgIpc) is 2.32. The molecule has 0 bridgehead atoms. The third-order valence-corrected chi connectivity index (χ3v) is 2.90. The van der Waals surface area contributed by atoms with Crippen LogP contribution < -0.4 is 10.2 Å². The van der Waals surface area contributed by atoms with E-state index >= 15 is 0 Å². The molecule has 0 aliphatic carbocycles. The minimum absolute atomic E-state index is 0.172. The largest absolute Gasteiger partial charge is 0.396 e. The molecule has 1 aromatic rings. The molecule has 0 atom stereocenters. The third kappa shape index (κ3) is 3.96. The summed E-state index contributed by atoms with van der Waals surface area (Å²) in [7, 11) is 1.85. The van der Waals surface area contributed by atoms with Crippen molar-refractivity contribution in [2.75, 3.05) is 25.1 Å². The summed E-state index contributed by atoms with van der Waals surface area (Å²) in [6, 6.07) is 5.19. The number of halogens is 1. The molecule has 0 saturated carbocycles. The summed E-state index contributed by atoms with van der Waals surface area (Å²) in [5.41, 5.74) is 1.98. The van der Waals surface area contributed by atoms with E-state index in [4.69, 9.17) is 5.11 Å². The summed E-state index contributed by atoms with van der Waals surface area (Å²) in [5, 5.41) is 12.0. The van der Waals surface area contributed by atoms with Gasteiger partial charge in [-0.2, -0.15) is 0 Å². The summed E-state index contributed by atoms with van der Waals surface area (Å²) in [6.45, 7) is 5.78. The highest BCUT2D eigenvalue weighted by Crippen LogP contribution is 2.24. The lowest BCUT2D eigenvalue weighted by Gasteiger charge is -2.31. The van der Waals surface area contributed by atoms with Gasteiger partial charge in [-0.1, -0.05) is 0 Å². The monoisotopic (exact) mass is 254 g/mol. The van der Waals surface area contributed by atoms with Crippen molar-refractivity contribution in [2.45, 2.75) is 32.9 Å². The number of hydrogen-bond donors (Lipinski definition) is 2. The molecule has 0 aliphatic rings. The van der Waals surface area contributed by atoms with Gasteiger partial charge < -0.3 is 15.3 Å². The van der Waals surface area contributed by atoms with Crippen LogP contribution in [0.5, 0.6) is 0 Å². The molecule has 0 aliphatic heterocycles. The first-order valence-corrected chi connectivity index (χ1v) is 6.40. The SMILES string of the molecule is CNCc1cc(F)ccc1N(CCCO)C(C)C. The summed E-state index contributed by atoms with van der Waals surface area (Å²) in [6.07, 6.45) is 0.717. The molecular formula is C14H23FN2O. The Kier molecular flexibility index (Phi) is 6.09. The predicted molar refractivity (Wildman–Crippen MR) is 73.3 cm³/mol. The Morgan fingerprint density at radius 1 is 1.39 bits per heavy atom. The third-order valence-electron chi connectivity index (χ3n) is 2.90. The summed E-state index contributed by atoms with van der Waals surface area (Å²) in [4.78, 5) is 2.20. The Balaban J connectivity index is 3.01. The van der Waals surface area contributed by atoms with E-state index in [1.54, 1.807) is 6.07 Å². The van der Waals surface area contributed by atoms with E-state index in [0.29, 0.717) is 19.0 Å². The van der Waals surface area contributed by atoms with Crippen LogP contribution in [-0.2, 0) is 6.54 Å². The van der Waals surface area contributed by atoms with Crippen molar-refractivity contribution < 1.29 is 9.50 Å². The fourth-order valence-corrected chi connectivity index (χ4v) is 2.06. The standard InChI is InChI=1S/C14H23FN2O/c1-11(2)17(7-4-8-18)14-6-5-13(15)9-12(14)10-16-3/h5-6,9,11,16,18H,4,7-8,10H2,1-3H3. The molecule has 4 heteroatoms. The van der Waals surface area contributed by atoms with E-state index in [-0.39, 0.29) is 12.4 Å². The van der Waals surface area contributed by atoms with Crippen LogP contribution in [0.25, 0.3) is 0 Å². The van der Waals surface area contributed by atoms with Crippen LogP contribution in [-0.4, -0.2) is 31.3 Å². The zero-order valence-corrected chi connectivity index (χ0v) is 11.4. The maximum atomic E-state index is 13.3. The van der Waals surface area contributed by atoms with Gasteiger partial charge in [-0.3, -0.25) is 0 Å². The van der Waals surface area contributed by atoms with Gasteiger partial charge in [0.2, 0.25) is 0 Å². The maximum Gasteiger partial charge on any atom is 0.123 e. The predicted octanol–water partition coefficient (Wildman–Crippen LogP) is 2.14. The molecule has 3 nitrogen and oxygen atoms in total. The molecule has 2 N–H and O–H groups in total. The molecule has 0 radical (unpaired) electrons. The van der Waals surface area contributed by atoms with Gasteiger partial charge in [0.05, 0.1) is 0 Å². The van der Waals surface area contributed by atoms with Gasteiger partial charge in [0.25, 0.3) is 0 Å². The first-order chi connectivity index (χ1) is 8.60. The molecule has 102 valence electrons. The number of aliphatic hydroxyl groups is 1. The molecule has 0 aromatic heterocycles. The normalized spacial score (nSPS) is 11.0. The molecule has 0 unspecified atom stereocenters. The van der Waals surface area contributed by atoms with Gasteiger partial charge in [-0.25, -0.2) is 4.39 Å². The quantitative estimate of drug-likeness (QED) is 0.782. The van der Waals surface area contributed by atoms with Crippen molar-refractivity contribution in [3.8, 4) is 0 Å². The summed E-state index contributed by atoms with van der Waals surface area (Å²) in [5.74, 6) is -0.213. The van der Waals surface area contributed by atoms with Gasteiger partial charge in [-0.15, -0.1) is 0 Å². The van der Waals surface area contributed by atoms with Crippen LogP contribution >= 0.6 is 0 Å². The molecule has 1 rings (SSSR count).